The molecule has 1 atom stereocenters. The van der Waals surface area contributed by atoms with Crippen LogP contribution in [-0.4, -0.2) is 28.7 Å². The molecule has 0 fully saturated rings. The van der Waals surface area contributed by atoms with Crippen molar-refractivity contribution in [3.8, 4) is 51.2 Å². The van der Waals surface area contributed by atoms with Crippen molar-refractivity contribution in [2.45, 2.75) is 12.5 Å². The Morgan fingerprint density at radius 3 is 1.35 bits per heavy atom. The summed E-state index contributed by atoms with van der Waals surface area (Å²) in [6.45, 7) is 0. The Bertz CT molecular complexity index is 2640. The summed E-state index contributed by atoms with van der Waals surface area (Å²) in [7, 11) is 0. The van der Waals surface area contributed by atoms with Crippen molar-refractivity contribution >= 4 is 28.1 Å². The molecule has 0 spiro atoms. The zero-order valence-electron chi connectivity index (χ0n) is 28.2. The van der Waals surface area contributed by atoms with Gasteiger partial charge in [-0.05, 0) is 91.4 Å². The molecule has 10 rings (SSSR count). The van der Waals surface area contributed by atoms with E-state index in [1.165, 1.54) is 0 Å². The Kier molecular flexibility index (Phi) is 7.04. The third-order valence-electron chi connectivity index (χ3n) is 9.83. The largest absolute Gasteiger partial charge is 0.322 e. The molecule has 6 aromatic carbocycles. The summed E-state index contributed by atoms with van der Waals surface area (Å²) in [5, 5.41) is 0. The lowest BCUT2D eigenvalue weighted by atomic mass is 10.0. The Balaban J connectivity index is 1.31. The Labute approximate surface area is 300 Å². The van der Waals surface area contributed by atoms with Crippen molar-refractivity contribution in [3.63, 3.8) is 0 Å². The van der Waals surface area contributed by atoms with Gasteiger partial charge in [0, 0.05) is 33.8 Å². The highest BCUT2D eigenvalue weighted by atomic mass is 15.1. The topological polar surface area (TPSA) is 79.5 Å². The average Bonchev–Trinajstić information content (AvgIpc) is 3.91. The van der Waals surface area contributed by atoms with Crippen molar-refractivity contribution in [3.05, 3.63) is 175 Å². The molecule has 3 aromatic heterocycles. The first-order valence-electron chi connectivity index (χ1n) is 17.5. The van der Waals surface area contributed by atoms with Crippen LogP contribution in [-0.2, 0) is 0 Å². The van der Waals surface area contributed by atoms with Crippen LogP contribution in [0.2, 0.25) is 0 Å². The molecule has 248 valence electrons. The van der Waals surface area contributed by atoms with Crippen LogP contribution in [0.1, 0.15) is 23.9 Å². The lowest BCUT2D eigenvalue weighted by Gasteiger charge is -2.19. The molecule has 1 aliphatic carbocycles. The van der Waals surface area contributed by atoms with Crippen molar-refractivity contribution in [1.29, 1.82) is 0 Å². The fourth-order valence-corrected chi connectivity index (χ4v) is 7.53. The van der Waals surface area contributed by atoms with Crippen LogP contribution in [0, 0.1) is 0 Å². The van der Waals surface area contributed by atoms with Crippen LogP contribution in [0.15, 0.2) is 164 Å². The molecule has 0 aliphatic heterocycles. The number of rotatable bonds is 6. The van der Waals surface area contributed by atoms with Crippen molar-refractivity contribution in [2.24, 2.45) is 5.73 Å². The maximum absolute atomic E-state index is 6.83. The average molecular weight is 672 g/mol. The number of nitrogens with zero attached hydrogens (tertiary/aromatic N) is 6. The van der Waals surface area contributed by atoms with Gasteiger partial charge in [-0.15, -0.1) is 0 Å². The first kappa shape index (κ1) is 30.0. The molecule has 0 saturated carbocycles. The predicted molar refractivity (Wildman–Crippen MR) is 210 cm³/mol. The van der Waals surface area contributed by atoms with Crippen molar-refractivity contribution in [2.75, 3.05) is 0 Å². The van der Waals surface area contributed by atoms with Gasteiger partial charge < -0.3 is 5.73 Å². The van der Waals surface area contributed by atoms with Gasteiger partial charge in [-0.3, -0.25) is 13.7 Å². The van der Waals surface area contributed by atoms with Gasteiger partial charge in [0.2, 0.25) is 0 Å². The molecular weight excluding hydrogens is 639 g/mol. The Morgan fingerprint density at radius 2 is 0.865 bits per heavy atom. The van der Waals surface area contributed by atoms with Gasteiger partial charge in [-0.2, -0.15) is 0 Å². The summed E-state index contributed by atoms with van der Waals surface area (Å²) in [6.07, 6.45) is 4.96. The Morgan fingerprint density at radius 1 is 0.462 bits per heavy atom. The van der Waals surface area contributed by atoms with E-state index in [0.717, 1.165) is 91.1 Å². The van der Waals surface area contributed by atoms with Gasteiger partial charge in [0.15, 0.2) is 0 Å². The molecule has 2 N–H and O–H groups in total. The summed E-state index contributed by atoms with van der Waals surface area (Å²) in [4.78, 5) is 15.9. The van der Waals surface area contributed by atoms with Gasteiger partial charge in [-0.25, -0.2) is 15.0 Å². The molecule has 7 nitrogen and oxygen atoms in total. The minimum Gasteiger partial charge on any atom is -0.322 e. The van der Waals surface area contributed by atoms with Crippen LogP contribution in [0.5, 0.6) is 0 Å². The van der Waals surface area contributed by atoms with Gasteiger partial charge in [0.05, 0.1) is 39.5 Å². The summed E-state index contributed by atoms with van der Waals surface area (Å²) >= 11 is 0. The van der Waals surface area contributed by atoms with E-state index >= 15 is 0 Å². The standard InChI is InChI=1S/C45H33N7/c46-36-21-14-24-39-42(36)52(35-19-8-3-9-20-35)45(49-39)32-28-30(43-47-37-22-10-12-25-40(37)50(43)33-15-4-1-5-16-33)27-31(29-32)44-48-38-23-11-13-26-41(38)51(44)34-17-6-2-7-18-34/h1-20,22-29,36H,21,46H2. The number of nitrogens with two attached hydrogens (primary N) is 1. The number of fused-ring (bicyclic) bond motifs is 3. The van der Waals surface area contributed by atoms with E-state index < -0.39 is 0 Å². The highest BCUT2D eigenvalue weighted by molar-refractivity contribution is 5.88. The maximum Gasteiger partial charge on any atom is 0.145 e. The van der Waals surface area contributed by atoms with Crippen LogP contribution in [0.3, 0.4) is 0 Å². The molecular formula is C45H33N7. The second kappa shape index (κ2) is 12.2. The lowest BCUT2D eigenvalue weighted by Crippen LogP contribution is -2.17. The number of imidazole rings is 3. The van der Waals surface area contributed by atoms with Crippen molar-refractivity contribution in [1.82, 2.24) is 28.7 Å². The van der Waals surface area contributed by atoms with Gasteiger partial charge in [0.1, 0.15) is 17.5 Å². The first-order valence-corrected chi connectivity index (χ1v) is 17.5. The molecule has 1 unspecified atom stereocenters. The van der Waals surface area contributed by atoms with Crippen molar-refractivity contribution < 1.29 is 0 Å². The highest BCUT2D eigenvalue weighted by Crippen LogP contribution is 2.40. The van der Waals surface area contributed by atoms with Crippen LogP contribution < -0.4 is 5.73 Å². The van der Waals surface area contributed by atoms with E-state index in [1.54, 1.807) is 0 Å². The molecule has 0 amide bonds. The minimum atomic E-state index is -0.186. The molecule has 52 heavy (non-hydrogen) atoms. The predicted octanol–water partition coefficient (Wildman–Crippen LogP) is 9.97. The Hall–Kier alpha value is -6.83. The zero-order chi connectivity index (χ0) is 34.6. The monoisotopic (exact) mass is 671 g/mol. The lowest BCUT2D eigenvalue weighted by molar-refractivity contribution is 0.687. The van der Waals surface area contributed by atoms with E-state index in [2.05, 4.69) is 153 Å². The zero-order valence-corrected chi connectivity index (χ0v) is 28.2. The van der Waals surface area contributed by atoms with E-state index in [9.17, 15) is 0 Å². The van der Waals surface area contributed by atoms with Crippen LogP contribution in [0.25, 0.3) is 79.4 Å². The molecule has 0 saturated heterocycles. The number of hydrogen-bond donors (Lipinski definition) is 1. The van der Waals surface area contributed by atoms with E-state index in [1.807, 2.05) is 30.3 Å². The minimum absolute atomic E-state index is 0.186. The van der Waals surface area contributed by atoms with Gasteiger partial charge >= 0.3 is 0 Å². The highest BCUT2D eigenvalue weighted by Gasteiger charge is 2.27. The van der Waals surface area contributed by atoms with E-state index in [0.29, 0.717) is 0 Å². The van der Waals surface area contributed by atoms with Gasteiger partial charge in [-0.1, -0.05) is 84.9 Å². The smallest absolute Gasteiger partial charge is 0.145 e. The SMILES string of the molecule is NC1CC=Cc2nc(-c3cc(-c4nc5ccccc5n4-c4ccccc4)cc(-c4nc5ccccc5n4-c4ccccc4)c3)n(-c3ccccc3)c21. The third-order valence-corrected chi connectivity index (χ3v) is 9.83. The number of benzene rings is 6. The third kappa shape index (κ3) is 4.90. The molecule has 0 radical (unpaired) electrons. The summed E-state index contributed by atoms with van der Waals surface area (Å²) < 4.78 is 6.71. The maximum atomic E-state index is 6.83. The summed E-state index contributed by atoms with van der Waals surface area (Å²) in [5.74, 6) is 2.47. The number of aromatic nitrogens is 6. The second-order valence-electron chi connectivity index (χ2n) is 13.1. The summed E-state index contributed by atoms with van der Waals surface area (Å²) in [5.41, 5.74) is 18.5. The molecule has 3 heterocycles. The normalized spacial score (nSPS) is 13.9. The first-order chi connectivity index (χ1) is 25.7. The van der Waals surface area contributed by atoms with E-state index in [-0.39, 0.29) is 6.04 Å². The van der Waals surface area contributed by atoms with Crippen LogP contribution >= 0.6 is 0 Å². The number of hydrogen-bond acceptors (Lipinski definition) is 4. The fraction of sp³-hybridized carbons (Fsp3) is 0.0444. The fourth-order valence-electron chi connectivity index (χ4n) is 7.53. The molecule has 9 aromatic rings. The van der Waals surface area contributed by atoms with Crippen LogP contribution in [0.4, 0.5) is 0 Å². The number of para-hydroxylation sites is 7. The molecule has 0 bridgehead atoms. The second-order valence-corrected chi connectivity index (χ2v) is 13.1. The molecule has 7 heteroatoms. The summed E-state index contributed by atoms with van der Waals surface area (Å²) in [6, 6.07) is 54.3. The van der Waals surface area contributed by atoms with E-state index in [4.69, 9.17) is 20.7 Å². The van der Waals surface area contributed by atoms with Gasteiger partial charge in [0.25, 0.3) is 0 Å². The molecule has 1 aliphatic rings. The quantitative estimate of drug-likeness (QED) is 0.191.